The molecule has 1 aromatic carbocycles. The van der Waals surface area contributed by atoms with Crippen molar-refractivity contribution in [3.05, 3.63) is 24.3 Å². The van der Waals surface area contributed by atoms with Crippen LogP contribution in [0.2, 0.25) is 0 Å². The molecule has 6 heteroatoms. The maximum absolute atomic E-state index is 11.9. The van der Waals surface area contributed by atoms with Crippen molar-refractivity contribution in [3.8, 4) is 5.75 Å². The fourth-order valence-electron chi connectivity index (χ4n) is 2.06. The molecule has 0 saturated heterocycles. The molecular weight excluding hydrogens is 294 g/mol. The quantitative estimate of drug-likeness (QED) is 0.728. The first-order valence-corrected chi connectivity index (χ1v) is 8.02. The SMILES string of the molecule is CCN(CC)C(=O)COc1cccc(NC(=O)CCC(C)N)c1. The number of likely N-dealkylation sites (N-methyl/N-ethyl adjacent to an activating group) is 1. The predicted molar refractivity (Wildman–Crippen MR) is 91.4 cm³/mol. The van der Waals surface area contributed by atoms with E-state index < -0.39 is 0 Å². The molecule has 0 aliphatic carbocycles. The number of ether oxygens (including phenoxy) is 1. The predicted octanol–water partition coefficient (Wildman–Crippen LogP) is 2.00. The number of anilines is 1. The van der Waals surface area contributed by atoms with Gasteiger partial charge in [0, 0.05) is 37.3 Å². The molecule has 1 atom stereocenters. The normalized spacial score (nSPS) is 11.7. The lowest BCUT2D eigenvalue weighted by Gasteiger charge is -2.18. The molecule has 1 aromatic rings. The molecule has 0 aliphatic heterocycles. The van der Waals surface area contributed by atoms with Crippen LogP contribution in [-0.2, 0) is 9.59 Å². The van der Waals surface area contributed by atoms with Crippen molar-refractivity contribution in [3.63, 3.8) is 0 Å². The fourth-order valence-corrected chi connectivity index (χ4v) is 2.06. The Morgan fingerprint density at radius 2 is 2.00 bits per heavy atom. The summed E-state index contributed by atoms with van der Waals surface area (Å²) in [6, 6.07) is 7.02. The van der Waals surface area contributed by atoms with E-state index in [4.69, 9.17) is 10.5 Å². The molecule has 0 aliphatic rings. The van der Waals surface area contributed by atoms with Crippen LogP contribution in [0.25, 0.3) is 0 Å². The fraction of sp³-hybridized carbons (Fsp3) is 0.529. The number of carbonyl (C=O) groups is 2. The van der Waals surface area contributed by atoms with Crippen LogP contribution in [0.5, 0.6) is 5.75 Å². The smallest absolute Gasteiger partial charge is 0.260 e. The van der Waals surface area contributed by atoms with Gasteiger partial charge in [-0.1, -0.05) is 6.07 Å². The minimum absolute atomic E-state index is 0.00140. The molecule has 1 unspecified atom stereocenters. The maximum Gasteiger partial charge on any atom is 0.260 e. The molecule has 23 heavy (non-hydrogen) atoms. The average Bonchev–Trinajstić information content (AvgIpc) is 2.52. The molecular formula is C17H27N3O3. The summed E-state index contributed by atoms with van der Waals surface area (Å²) in [5.74, 6) is 0.413. The van der Waals surface area contributed by atoms with E-state index in [1.807, 2.05) is 20.8 Å². The van der Waals surface area contributed by atoms with Gasteiger partial charge in [-0.3, -0.25) is 9.59 Å². The second-order valence-electron chi connectivity index (χ2n) is 5.45. The molecule has 0 fully saturated rings. The molecule has 1 rings (SSSR count). The van der Waals surface area contributed by atoms with Crippen LogP contribution >= 0.6 is 0 Å². The van der Waals surface area contributed by atoms with E-state index in [-0.39, 0.29) is 24.5 Å². The number of hydrogen-bond donors (Lipinski definition) is 2. The van der Waals surface area contributed by atoms with Crippen LogP contribution in [-0.4, -0.2) is 42.5 Å². The topological polar surface area (TPSA) is 84.7 Å². The zero-order valence-corrected chi connectivity index (χ0v) is 14.2. The highest BCUT2D eigenvalue weighted by Gasteiger charge is 2.10. The van der Waals surface area contributed by atoms with Gasteiger partial charge in [0.15, 0.2) is 6.61 Å². The van der Waals surface area contributed by atoms with Crippen molar-refractivity contribution < 1.29 is 14.3 Å². The van der Waals surface area contributed by atoms with Crippen molar-refractivity contribution >= 4 is 17.5 Å². The number of amides is 2. The molecule has 0 spiro atoms. The van der Waals surface area contributed by atoms with Crippen LogP contribution in [0, 0.1) is 0 Å². The molecule has 128 valence electrons. The van der Waals surface area contributed by atoms with Gasteiger partial charge in [0.25, 0.3) is 5.91 Å². The van der Waals surface area contributed by atoms with Crippen LogP contribution in [0.3, 0.4) is 0 Å². The lowest BCUT2D eigenvalue weighted by Crippen LogP contribution is -2.34. The lowest BCUT2D eigenvalue weighted by atomic mass is 10.2. The van der Waals surface area contributed by atoms with Crippen molar-refractivity contribution in [2.45, 2.75) is 39.7 Å². The van der Waals surface area contributed by atoms with Gasteiger partial charge in [-0.15, -0.1) is 0 Å². The van der Waals surface area contributed by atoms with Gasteiger partial charge in [0.1, 0.15) is 5.75 Å². The Morgan fingerprint density at radius 3 is 2.61 bits per heavy atom. The number of hydrogen-bond acceptors (Lipinski definition) is 4. The zero-order chi connectivity index (χ0) is 17.2. The van der Waals surface area contributed by atoms with E-state index >= 15 is 0 Å². The zero-order valence-electron chi connectivity index (χ0n) is 14.2. The summed E-state index contributed by atoms with van der Waals surface area (Å²) in [6.07, 6.45) is 1.02. The Balaban J connectivity index is 2.53. The third-order valence-electron chi connectivity index (χ3n) is 3.42. The highest BCUT2D eigenvalue weighted by Crippen LogP contribution is 2.18. The Bertz CT molecular complexity index is 514. The summed E-state index contributed by atoms with van der Waals surface area (Å²) in [5.41, 5.74) is 6.28. The van der Waals surface area contributed by atoms with Gasteiger partial charge in [0.2, 0.25) is 5.91 Å². The van der Waals surface area contributed by atoms with Crippen molar-refractivity contribution in [2.75, 3.05) is 25.0 Å². The maximum atomic E-state index is 11.9. The van der Waals surface area contributed by atoms with Gasteiger partial charge in [-0.25, -0.2) is 0 Å². The average molecular weight is 321 g/mol. The molecule has 0 radical (unpaired) electrons. The Morgan fingerprint density at radius 1 is 1.30 bits per heavy atom. The second kappa shape index (κ2) is 9.84. The summed E-state index contributed by atoms with van der Waals surface area (Å²) in [6.45, 7) is 7.04. The summed E-state index contributed by atoms with van der Waals surface area (Å²) >= 11 is 0. The molecule has 6 nitrogen and oxygen atoms in total. The summed E-state index contributed by atoms with van der Waals surface area (Å²) < 4.78 is 5.51. The van der Waals surface area contributed by atoms with Gasteiger partial charge >= 0.3 is 0 Å². The highest BCUT2D eigenvalue weighted by atomic mass is 16.5. The minimum Gasteiger partial charge on any atom is -0.484 e. The van der Waals surface area contributed by atoms with Crippen LogP contribution in [0.15, 0.2) is 24.3 Å². The number of rotatable bonds is 9. The third-order valence-corrected chi connectivity index (χ3v) is 3.42. The van der Waals surface area contributed by atoms with Gasteiger partial charge in [0.05, 0.1) is 0 Å². The third kappa shape index (κ3) is 7.15. The van der Waals surface area contributed by atoms with Crippen molar-refractivity contribution in [2.24, 2.45) is 5.73 Å². The Kier molecular flexibility index (Phi) is 8.11. The van der Waals surface area contributed by atoms with Gasteiger partial charge < -0.3 is 20.7 Å². The van der Waals surface area contributed by atoms with Gasteiger partial charge in [-0.05, 0) is 39.3 Å². The highest BCUT2D eigenvalue weighted by molar-refractivity contribution is 5.90. The van der Waals surface area contributed by atoms with E-state index in [0.717, 1.165) is 0 Å². The number of nitrogens with two attached hydrogens (primary N) is 1. The molecule has 0 aromatic heterocycles. The molecule has 2 amide bonds. The van der Waals surface area contributed by atoms with E-state index in [2.05, 4.69) is 5.32 Å². The number of benzene rings is 1. The lowest BCUT2D eigenvalue weighted by molar-refractivity contribution is -0.133. The first-order chi connectivity index (χ1) is 11.0. The van der Waals surface area contributed by atoms with Gasteiger partial charge in [-0.2, -0.15) is 0 Å². The number of nitrogens with one attached hydrogen (secondary N) is 1. The summed E-state index contributed by atoms with van der Waals surface area (Å²) in [5, 5.41) is 2.80. The number of carbonyl (C=O) groups excluding carboxylic acids is 2. The standard InChI is InChI=1S/C17H27N3O3/c1-4-20(5-2)17(22)12-23-15-8-6-7-14(11-15)19-16(21)10-9-13(3)18/h6-8,11,13H,4-5,9-10,12,18H2,1-3H3,(H,19,21). The molecule has 3 N–H and O–H groups in total. The van der Waals surface area contributed by atoms with E-state index in [1.165, 1.54) is 0 Å². The first-order valence-electron chi connectivity index (χ1n) is 8.02. The Labute approximate surface area is 138 Å². The van der Waals surface area contributed by atoms with E-state index in [0.29, 0.717) is 37.4 Å². The number of nitrogens with zero attached hydrogens (tertiary/aromatic N) is 1. The van der Waals surface area contributed by atoms with Crippen LogP contribution in [0.1, 0.15) is 33.6 Å². The molecule has 0 heterocycles. The van der Waals surface area contributed by atoms with Crippen molar-refractivity contribution in [1.82, 2.24) is 4.90 Å². The molecule has 0 saturated carbocycles. The summed E-state index contributed by atoms with van der Waals surface area (Å²) in [4.78, 5) is 25.4. The Hall–Kier alpha value is -2.08. The largest absolute Gasteiger partial charge is 0.484 e. The van der Waals surface area contributed by atoms with E-state index in [9.17, 15) is 9.59 Å². The minimum atomic E-state index is -0.0846. The second-order valence-corrected chi connectivity index (χ2v) is 5.45. The van der Waals surface area contributed by atoms with E-state index in [1.54, 1.807) is 29.2 Å². The monoisotopic (exact) mass is 321 g/mol. The first kappa shape index (κ1) is 19.0. The molecule has 0 bridgehead atoms. The van der Waals surface area contributed by atoms with Crippen molar-refractivity contribution in [1.29, 1.82) is 0 Å². The van der Waals surface area contributed by atoms with Crippen LogP contribution in [0.4, 0.5) is 5.69 Å². The summed E-state index contributed by atoms with van der Waals surface area (Å²) in [7, 11) is 0. The van der Waals surface area contributed by atoms with Crippen LogP contribution < -0.4 is 15.8 Å².